The number of aliphatic hydroxyl groups excluding tert-OH is 1. The first-order chi connectivity index (χ1) is 8.54. The van der Waals surface area contributed by atoms with Gasteiger partial charge in [0, 0.05) is 31.1 Å². The second kappa shape index (κ2) is 5.68. The van der Waals surface area contributed by atoms with Crippen molar-refractivity contribution in [2.24, 2.45) is 5.41 Å². The average molecular weight is 254 g/mol. The van der Waals surface area contributed by atoms with Gasteiger partial charge in [-0.1, -0.05) is 12.8 Å². The number of carbonyl (C=O) groups excluding carboxylic acids is 1. The molecule has 0 spiro atoms. The molecule has 0 aromatic heterocycles. The molecule has 0 aromatic rings. The van der Waals surface area contributed by atoms with Gasteiger partial charge in [0.1, 0.15) is 6.29 Å². The summed E-state index contributed by atoms with van der Waals surface area (Å²) in [5.74, 6) is 0. The third kappa shape index (κ3) is 3.11. The zero-order valence-electron chi connectivity index (χ0n) is 11.6. The van der Waals surface area contributed by atoms with E-state index in [0.29, 0.717) is 6.04 Å². The molecule has 1 N–H and O–H groups in total. The van der Waals surface area contributed by atoms with Crippen LogP contribution in [0, 0.1) is 5.41 Å². The SMILES string of the molecule is CN(C)CC1CC(O)CN1CC1(C=O)CCCC1. The molecule has 2 aliphatic rings. The zero-order valence-corrected chi connectivity index (χ0v) is 11.6. The van der Waals surface area contributed by atoms with E-state index in [1.165, 1.54) is 19.1 Å². The summed E-state index contributed by atoms with van der Waals surface area (Å²) >= 11 is 0. The highest BCUT2D eigenvalue weighted by atomic mass is 16.3. The van der Waals surface area contributed by atoms with E-state index in [9.17, 15) is 9.90 Å². The molecule has 1 heterocycles. The van der Waals surface area contributed by atoms with Gasteiger partial charge in [-0.25, -0.2) is 0 Å². The first-order valence-electron chi connectivity index (χ1n) is 7.08. The van der Waals surface area contributed by atoms with E-state index >= 15 is 0 Å². The Morgan fingerprint density at radius 3 is 2.61 bits per heavy atom. The summed E-state index contributed by atoms with van der Waals surface area (Å²) in [4.78, 5) is 15.9. The molecule has 0 radical (unpaired) electrons. The summed E-state index contributed by atoms with van der Waals surface area (Å²) < 4.78 is 0. The van der Waals surface area contributed by atoms with Gasteiger partial charge in [-0.05, 0) is 33.4 Å². The van der Waals surface area contributed by atoms with Gasteiger partial charge in [-0.3, -0.25) is 4.90 Å². The van der Waals surface area contributed by atoms with Crippen LogP contribution in [0.15, 0.2) is 0 Å². The van der Waals surface area contributed by atoms with Gasteiger partial charge in [0.2, 0.25) is 0 Å². The molecule has 104 valence electrons. The lowest BCUT2D eigenvalue weighted by Crippen LogP contribution is -2.44. The topological polar surface area (TPSA) is 43.8 Å². The fourth-order valence-electron chi connectivity index (χ4n) is 3.56. The van der Waals surface area contributed by atoms with Crippen molar-refractivity contribution in [3.05, 3.63) is 0 Å². The molecule has 2 fully saturated rings. The number of hydrogen-bond acceptors (Lipinski definition) is 4. The Bertz CT molecular complexity index is 288. The molecule has 0 bridgehead atoms. The molecule has 2 rings (SSSR count). The summed E-state index contributed by atoms with van der Waals surface area (Å²) in [5, 5.41) is 9.86. The number of carbonyl (C=O) groups is 1. The van der Waals surface area contributed by atoms with Crippen LogP contribution in [0.5, 0.6) is 0 Å². The fourth-order valence-corrected chi connectivity index (χ4v) is 3.56. The van der Waals surface area contributed by atoms with Crippen LogP contribution in [0.4, 0.5) is 0 Å². The monoisotopic (exact) mass is 254 g/mol. The second-order valence-electron chi connectivity index (χ2n) is 6.42. The summed E-state index contributed by atoms with van der Waals surface area (Å²) in [6, 6.07) is 0.396. The van der Waals surface area contributed by atoms with Gasteiger partial charge in [0.15, 0.2) is 0 Å². The van der Waals surface area contributed by atoms with Crippen molar-refractivity contribution in [2.75, 3.05) is 33.7 Å². The Morgan fingerprint density at radius 2 is 2.06 bits per heavy atom. The number of nitrogens with zero attached hydrogens (tertiary/aromatic N) is 2. The van der Waals surface area contributed by atoms with E-state index in [1.54, 1.807) is 0 Å². The van der Waals surface area contributed by atoms with Gasteiger partial charge in [0.25, 0.3) is 0 Å². The highest BCUT2D eigenvalue weighted by Crippen LogP contribution is 2.38. The number of likely N-dealkylation sites (tertiary alicyclic amines) is 1. The Balaban J connectivity index is 1.99. The molecule has 1 aliphatic carbocycles. The summed E-state index contributed by atoms with van der Waals surface area (Å²) in [5.41, 5.74) is -0.130. The quantitative estimate of drug-likeness (QED) is 0.735. The Kier molecular flexibility index (Phi) is 4.41. The predicted molar refractivity (Wildman–Crippen MR) is 71.5 cm³/mol. The van der Waals surface area contributed by atoms with E-state index in [1.807, 2.05) is 0 Å². The highest BCUT2D eigenvalue weighted by Gasteiger charge is 2.40. The lowest BCUT2D eigenvalue weighted by molar-refractivity contribution is -0.117. The van der Waals surface area contributed by atoms with Crippen LogP contribution in [0.25, 0.3) is 0 Å². The van der Waals surface area contributed by atoms with Crippen LogP contribution < -0.4 is 0 Å². The minimum atomic E-state index is -0.222. The standard InChI is InChI=1S/C14H26N2O2/c1-15(2)8-12-7-13(18)9-16(12)10-14(11-17)5-3-4-6-14/h11-13,18H,3-10H2,1-2H3. The molecular weight excluding hydrogens is 228 g/mol. The molecule has 18 heavy (non-hydrogen) atoms. The number of hydrogen-bond donors (Lipinski definition) is 1. The molecule has 4 nitrogen and oxygen atoms in total. The van der Waals surface area contributed by atoms with Crippen molar-refractivity contribution in [3.63, 3.8) is 0 Å². The maximum absolute atomic E-state index is 11.4. The molecule has 1 saturated carbocycles. The normalized spacial score (nSPS) is 32.2. The molecule has 2 unspecified atom stereocenters. The minimum absolute atomic E-state index is 0.130. The summed E-state index contributed by atoms with van der Waals surface area (Å²) in [6.07, 6.45) is 6.20. The Labute approximate surface area is 110 Å². The van der Waals surface area contributed by atoms with Gasteiger partial charge < -0.3 is 14.8 Å². The molecule has 1 aliphatic heterocycles. The Hall–Kier alpha value is -0.450. The molecule has 2 atom stereocenters. The van der Waals surface area contributed by atoms with E-state index in [0.717, 1.165) is 38.9 Å². The number of likely N-dealkylation sites (N-methyl/N-ethyl adjacent to an activating group) is 1. The van der Waals surface area contributed by atoms with E-state index in [2.05, 4.69) is 23.9 Å². The van der Waals surface area contributed by atoms with E-state index in [4.69, 9.17) is 0 Å². The third-order valence-electron chi connectivity index (χ3n) is 4.45. The Morgan fingerprint density at radius 1 is 1.39 bits per heavy atom. The molecular formula is C14H26N2O2. The highest BCUT2D eigenvalue weighted by molar-refractivity contribution is 5.60. The van der Waals surface area contributed by atoms with Crippen molar-refractivity contribution < 1.29 is 9.90 Å². The van der Waals surface area contributed by atoms with E-state index in [-0.39, 0.29) is 11.5 Å². The van der Waals surface area contributed by atoms with Crippen LogP contribution in [-0.2, 0) is 4.79 Å². The van der Waals surface area contributed by atoms with Gasteiger partial charge in [0.05, 0.1) is 6.10 Å². The number of aldehydes is 1. The first kappa shape index (κ1) is 14.0. The van der Waals surface area contributed by atoms with E-state index < -0.39 is 0 Å². The van der Waals surface area contributed by atoms with Gasteiger partial charge in [-0.15, -0.1) is 0 Å². The minimum Gasteiger partial charge on any atom is -0.392 e. The first-order valence-corrected chi connectivity index (χ1v) is 7.08. The van der Waals surface area contributed by atoms with Crippen LogP contribution in [0.2, 0.25) is 0 Å². The lowest BCUT2D eigenvalue weighted by atomic mass is 9.87. The third-order valence-corrected chi connectivity index (χ3v) is 4.45. The maximum Gasteiger partial charge on any atom is 0.127 e. The maximum atomic E-state index is 11.4. The lowest BCUT2D eigenvalue weighted by Gasteiger charge is -2.33. The fraction of sp³-hybridized carbons (Fsp3) is 0.929. The molecule has 0 aromatic carbocycles. The van der Waals surface area contributed by atoms with Crippen molar-refractivity contribution in [1.29, 1.82) is 0 Å². The summed E-state index contributed by atoms with van der Waals surface area (Å²) in [7, 11) is 4.13. The molecule has 4 heteroatoms. The van der Waals surface area contributed by atoms with Crippen LogP contribution in [0.3, 0.4) is 0 Å². The smallest absolute Gasteiger partial charge is 0.127 e. The van der Waals surface area contributed by atoms with Crippen molar-refractivity contribution in [1.82, 2.24) is 9.80 Å². The second-order valence-corrected chi connectivity index (χ2v) is 6.42. The largest absolute Gasteiger partial charge is 0.392 e. The van der Waals surface area contributed by atoms with Crippen molar-refractivity contribution in [2.45, 2.75) is 44.2 Å². The molecule has 0 amide bonds. The predicted octanol–water partition coefficient (Wildman–Crippen LogP) is 0.742. The van der Waals surface area contributed by atoms with Crippen LogP contribution >= 0.6 is 0 Å². The number of β-amino-alcohol motifs (C(OH)–C–C–N with tert-alkyl or cyclic N) is 1. The summed E-state index contributed by atoms with van der Waals surface area (Å²) in [6.45, 7) is 2.53. The van der Waals surface area contributed by atoms with Crippen LogP contribution in [0.1, 0.15) is 32.1 Å². The average Bonchev–Trinajstić information content (AvgIpc) is 2.87. The number of aliphatic hydroxyl groups is 1. The molecule has 1 saturated heterocycles. The van der Waals surface area contributed by atoms with Gasteiger partial charge in [-0.2, -0.15) is 0 Å². The van der Waals surface area contributed by atoms with Crippen LogP contribution in [-0.4, -0.2) is 67.1 Å². The van der Waals surface area contributed by atoms with Crippen molar-refractivity contribution >= 4 is 6.29 Å². The van der Waals surface area contributed by atoms with Crippen molar-refractivity contribution in [3.8, 4) is 0 Å². The zero-order chi connectivity index (χ0) is 13.2. The number of rotatable bonds is 5. The van der Waals surface area contributed by atoms with Gasteiger partial charge >= 0.3 is 0 Å².